The molecular formula is C14H23N3O3S. The van der Waals surface area contributed by atoms with E-state index in [1.807, 2.05) is 0 Å². The number of carbonyl (C=O) groups excluding carboxylic acids is 1. The molecule has 6 nitrogen and oxygen atoms in total. The van der Waals surface area contributed by atoms with Crippen LogP contribution in [0, 0.1) is 11.3 Å². The Balaban J connectivity index is 2.52. The van der Waals surface area contributed by atoms with E-state index in [-0.39, 0.29) is 23.2 Å². The molecule has 1 aromatic heterocycles. The second kappa shape index (κ2) is 6.89. The van der Waals surface area contributed by atoms with E-state index in [2.05, 4.69) is 43.3 Å². The predicted molar refractivity (Wildman–Crippen MR) is 82.6 cm³/mol. The second-order valence-corrected chi connectivity index (χ2v) is 6.96. The third-order valence-electron chi connectivity index (χ3n) is 3.73. The zero-order valence-corrected chi connectivity index (χ0v) is 13.9. The van der Waals surface area contributed by atoms with Crippen molar-refractivity contribution in [2.24, 2.45) is 11.3 Å². The minimum Gasteiger partial charge on any atom is -0.476 e. The van der Waals surface area contributed by atoms with E-state index in [4.69, 9.17) is 5.11 Å². The van der Waals surface area contributed by atoms with Gasteiger partial charge in [-0.1, -0.05) is 27.7 Å². The summed E-state index contributed by atoms with van der Waals surface area (Å²) in [5.74, 6) is -0.611. The van der Waals surface area contributed by atoms with Crippen molar-refractivity contribution in [3.63, 3.8) is 0 Å². The number of rotatable bonds is 6. The Hall–Kier alpha value is -1.63. The SMILES string of the molecule is CC(NC(=O)NCC(C)(C)C(C)C)c1nc(C(=O)O)cs1. The highest BCUT2D eigenvalue weighted by molar-refractivity contribution is 7.09. The molecule has 3 N–H and O–H groups in total. The summed E-state index contributed by atoms with van der Waals surface area (Å²) in [5.41, 5.74) is 0.0168. The fraction of sp³-hybridized carbons (Fsp3) is 0.643. The van der Waals surface area contributed by atoms with Gasteiger partial charge in [0.1, 0.15) is 5.01 Å². The lowest BCUT2D eigenvalue weighted by atomic mass is 9.81. The molecule has 1 heterocycles. The van der Waals surface area contributed by atoms with E-state index in [1.165, 1.54) is 16.7 Å². The first kappa shape index (κ1) is 17.4. The van der Waals surface area contributed by atoms with E-state index in [0.717, 1.165) is 0 Å². The van der Waals surface area contributed by atoms with Crippen LogP contribution in [-0.2, 0) is 0 Å². The molecule has 0 aliphatic heterocycles. The van der Waals surface area contributed by atoms with Gasteiger partial charge in [-0.2, -0.15) is 0 Å². The minimum absolute atomic E-state index is 0.00463. The van der Waals surface area contributed by atoms with Crippen LogP contribution in [0.15, 0.2) is 5.38 Å². The normalized spacial score (nSPS) is 13.0. The molecule has 1 rings (SSSR count). The summed E-state index contributed by atoms with van der Waals surface area (Å²) in [4.78, 5) is 26.6. The molecule has 0 aliphatic rings. The third-order valence-corrected chi connectivity index (χ3v) is 4.75. The Morgan fingerprint density at radius 2 is 2.00 bits per heavy atom. The van der Waals surface area contributed by atoms with Gasteiger partial charge in [-0.05, 0) is 18.3 Å². The maximum atomic E-state index is 11.9. The fourth-order valence-corrected chi connectivity index (χ4v) is 2.21. The Bertz CT molecular complexity index is 511. The van der Waals surface area contributed by atoms with Crippen molar-refractivity contribution in [2.75, 3.05) is 6.54 Å². The fourth-order valence-electron chi connectivity index (χ4n) is 1.41. The molecule has 21 heavy (non-hydrogen) atoms. The Labute approximate surface area is 129 Å². The van der Waals surface area contributed by atoms with Gasteiger partial charge >= 0.3 is 12.0 Å². The van der Waals surface area contributed by atoms with Gasteiger partial charge in [0.25, 0.3) is 0 Å². The van der Waals surface area contributed by atoms with Crippen molar-refractivity contribution < 1.29 is 14.7 Å². The molecule has 0 aliphatic carbocycles. The van der Waals surface area contributed by atoms with E-state index in [9.17, 15) is 9.59 Å². The Kier molecular flexibility index (Phi) is 5.71. The van der Waals surface area contributed by atoms with E-state index >= 15 is 0 Å². The van der Waals surface area contributed by atoms with Crippen LogP contribution in [0.5, 0.6) is 0 Å². The highest BCUT2D eigenvalue weighted by Gasteiger charge is 2.23. The molecule has 0 fully saturated rings. The summed E-state index contributed by atoms with van der Waals surface area (Å²) >= 11 is 1.22. The first-order valence-electron chi connectivity index (χ1n) is 6.86. The molecule has 118 valence electrons. The zero-order chi connectivity index (χ0) is 16.2. The van der Waals surface area contributed by atoms with Gasteiger partial charge in [-0.15, -0.1) is 11.3 Å². The molecule has 1 aromatic rings. The van der Waals surface area contributed by atoms with Crippen LogP contribution >= 0.6 is 11.3 Å². The number of aromatic nitrogens is 1. The number of thiazole rings is 1. The number of carbonyl (C=O) groups is 2. The average Bonchev–Trinajstić information content (AvgIpc) is 2.86. The third kappa shape index (κ3) is 5.00. The molecule has 0 radical (unpaired) electrons. The van der Waals surface area contributed by atoms with Crippen molar-refractivity contribution in [1.82, 2.24) is 15.6 Å². The molecule has 0 spiro atoms. The standard InChI is InChI=1S/C14H23N3O3S/c1-8(2)14(4,5)7-15-13(20)16-9(3)11-17-10(6-21-11)12(18)19/h6,8-9H,7H2,1-5H3,(H,18,19)(H2,15,16,20). The lowest BCUT2D eigenvalue weighted by molar-refractivity contribution is 0.0691. The summed E-state index contributed by atoms with van der Waals surface area (Å²) in [5, 5.41) is 16.5. The number of carboxylic acids is 1. The number of aromatic carboxylic acids is 1. The second-order valence-electron chi connectivity index (χ2n) is 6.07. The number of hydrogen-bond donors (Lipinski definition) is 3. The van der Waals surface area contributed by atoms with E-state index < -0.39 is 5.97 Å². The van der Waals surface area contributed by atoms with E-state index in [0.29, 0.717) is 17.5 Å². The number of nitrogens with zero attached hydrogens (tertiary/aromatic N) is 1. The topological polar surface area (TPSA) is 91.3 Å². The molecule has 1 atom stereocenters. The lowest BCUT2D eigenvalue weighted by Gasteiger charge is -2.29. The van der Waals surface area contributed by atoms with Crippen LogP contribution < -0.4 is 10.6 Å². The highest BCUT2D eigenvalue weighted by Crippen LogP contribution is 2.24. The largest absolute Gasteiger partial charge is 0.476 e. The molecule has 0 saturated heterocycles. The highest BCUT2D eigenvalue weighted by atomic mass is 32.1. The van der Waals surface area contributed by atoms with Gasteiger partial charge in [-0.3, -0.25) is 0 Å². The predicted octanol–water partition coefficient (Wildman–Crippen LogP) is 2.88. The minimum atomic E-state index is -1.06. The van der Waals surface area contributed by atoms with Crippen molar-refractivity contribution in [2.45, 2.75) is 40.7 Å². The maximum Gasteiger partial charge on any atom is 0.355 e. The van der Waals surface area contributed by atoms with Gasteiger partial charge < -0.3 is 15.7 Å². The zero-order valence-electron chi connectivity index (χ0n) is 13.1. The van der Waals surface area contributed by atoms with E-state index in [1.54, 1.807) is 6.92 Å². The molecule has 0 bridgehead atoms. The van der Waals surface area contributed by atoms with Gasteiger partial charge in [0.2, 0.25) is 0 Å². The van der Waals surface area contributed by atoms with Crippen molar-refractivity contribution in [3.8, 4) is 0 Å². The summed E-state index contributed by atoms with van der Waals surface area (Å²) in [6.45, 7) is 10.8. The molecule has 7 heteroatoms. The number of amides is 2. The van der Waals surface area contributed by atoms with Crippen LogP contribution in [0.2, 0.25) is 0 Å². The first-order chi connectivity index (χ1) is 9.63. The average molecular weight is 313 g/mol. The van der Waals surface area contributed by atoms with Crippen molar-refractivity contribution in [1.29, 1.82) is 0 Å². The van der Waals surface area contributed by atoms with Crippen LogP contribution in [0.4, 0.5) is 4.79 Å². The first-order valence-corrected chi connectivity index (χ1v) is 7.74. The van der Waals surface area contributed by atoms with Crippen LogP contribution in [0.3, 0.4) is 0 Å². The van der Waals surface area contributed by atoms with Crippen LogP contribution in [-0.4, -0.2) is 28.6 Å². The number of hydrogen-bond acceptors (Lipinski definition) is 4. The smallest absolute Gasteiger partial charge is 0.355 e. The van der Waals surface area contributed by atoms with Crippen LogP contribution in [0.1, 0.15) is 56.2 Å². The number of carboxylic acid groups (broad SMARTS) is 1. The van der Waals surface area contributed by atoms with Crippen LogP contribution in [0.25, 0.3) is 0 Å². The number of urea groups is 1. The lowest BCUT2D eigenvalue weighted by Crippen LogP contribution is -2.43. The van der Waals surface area contributed by atoms with Gasteiger partial charge in [0, 0.05) is 11.9 Å². The van der Waals surface area contributed by atoms with Gasteiger partial charge in [0.15, 0.2) is 5.69 Å². The summed E-state index contributed by atoms with van der Waals surface area (Å²) < 4.78 is 0. The summed E-state index contributed by atoms with van der Waals surface area (Å²) in [6, 6.07) is -0.603. The quantitative estimate of drug-likeness (QED) is 0.753. The molecule has 2 amide bonds. The van der Waals surface area contributed by atoms with Gasteiger partial charge in [0.05, 0.1) is 6.04 Å². The Morgan fingerprint density at radius 1 is 1.38 bits per heavy atom. The summed E-state index contributed by atoms with van der Waals surface area (Å²) in [7, 11) is 0. The molecule has 0 saturated carbocycles. The molecular weight excluding hydrogens is 290 g/mol. The summed E-state index contributed by atoms with van der Waals surface area (Å²) in [6.07, 6.45) is 0. The van der Waals surface area contributed by atoms with Crippen molar-refractivity contribution in [3.05, 3.63) is 16.1 Å². The number of nitrogens with one attached hydrogen (secondary N) is 2. The Morgan fingerprint density at radius 3 is 2.48 bits per heavy atom. The van der Waals surface area contributed by atoms with Gasteiger partial charge in [-0.25, -0.2) is 14.6 Å². The molecule has 0 aromatic carbocycles. The van der Waals surface area contributed by atoms with Crippen molar-refractivity contribution >= 4 is 23.3 Å². The monoisotopic (exact) mass is 313 g/mol. The molecule has 1 unspecified atom stereocenters. The maximum absolute atomic E-state index is 11.9.